The number of nitrogens with one attached hydrogen (secondary N) is 2. The summed E-state index contributed by atoms with van der Waals surface area (Å²) >= 11 is 1.00. The molecule has 0 spiro atoms. The molecule has 0 saturated heterocycles. The second kappa shape index (κ2) is 6.94. The number of benzene rings is 2. The lowest BCUT2D eigenvalue weighted by Gasteiger charge is -2.20. The van der Waals surface area contributed by atoms with Gasteiger partial charge in [-0.15, -0.1) is 5.10 Å². The molecule has 29 heavy (non-hydrogen) atoms. The van der Waals surface area contributed by atoms with Crippen molar-refractivity contribution in [3.63, 3.8) is 0 Å². The Hall–Kier alpha value is -2.75. The average molecular weight is 426 g/mol. The number of fused-ring (bicyclic) bond motifs is 2. The molecule has 5 rings (SSSR count). The second-order valence-electron chi connectivity index (χ2n) is 7.09. The highest BCUT2D eigenvalue weighted by Gasteiger charge is 2.20. The fraction of sp³-hybridized carbons (Fsp3) is 0.200. The Labute approximate surface area is 172 Å². The third kappa shape index (κ3) is 3.21. The van der Waals surface area contributed by atoms with Crippen LogP contribution >= 0.6 is 11.5 Å². The summed E-state index contributed by atoms with van der Waals surface area (Å²) < 4.78 is 33.7. The molecule has 7 nitrogen and oxygen atoms in total. The molecule has 4 aromatic rings. The molecule has 1 aliphatic rings. The molecule has 0 saturated carbocycles. The summed E-state index contributed by atoms with van der Waals surface area (Å²) in [7, 11) is -1.76. The lowest BCUT2D eigenvalue weighted by Crippen LogP contribution is -2.24. The molecule has 0 atom stereocenters. The number of nitrogens with zero attached hydrogens (tertiary/aromatic N) is 3. The number of sulfonamides is 1. The third-order valence-electron chi connectivity index (χ3n) is 5.30. The molecule has 0 aliphatic carbocycles. The Morgan fingerprint density at radius 1 is 1.21 bits per heavy atom. The van der Waals surface area contributed by atoms with Crippen LogP contribution in [-0.4, -0.2) is 29.1 Å². The lowest BCUT2D eigenvalue weighted by molar-refractivity contribution is 0.601. The van der Waals surface area contributed by atoms with Gasteiger partial charge in [-0.05, 0) is 41.8 Å². The van der Waals surface area contributed by atoms with Gasteiger partial charge in [0.25, 0.3) is 10.0 Å². The van der Waals surface area contributed by atoms with E-state index in [1.807, 2.05) is 17.7 Å². The van der Waals surface area contributed by atoms with Gasteiger partial charge in [-0.25, -0.2) is 8.42 Å². The number of hydrogen-bond acceptors (Lipinski definition) is 6. The van der Waals surface area contributed by atoms with Crippen molar-refractivity contribution in [2.75, 3.05) is 11.3 Å². The molecule has 2 aromatic carbocycles. The Kier molecular flexibility index (Phi) is 4.38. The van der Waals surface area contributed by atoms with Crippen LogP contribution in [-0.2, 0) is 30.0 Å². The first kappa shape index (κ1) is 18.3. The maximum atomic E-state index is 12.7. The number of hydrogen-bond donors (Lipinski definition) is 2. The summed E-state index contributed by atoms with van der Waals surface area (Å²) in [5.41, 5.74) is 5.88. The molecule has 2 aromatic heterocycles. The molecule has 0 fully saturated rings. The largest absolute Gasteiger partial charge is 0.350 e. The van der Waals surface area contributed by atoms with Crippen molar-refractivity contribution in [2.45, 2.75) is 17.9 Å². The van der Waals surface area contributed by atoms with Crippen LogP contribution in [0.4, 0.5) is 5.00 Å². The van der Waals surface area contributed by atoms with Gasteiger partial charge in [-0.1, -0.05) is 28.8 Å². The maximum Gasteiger partial charge on any atom is 0.262 e. The van der Waals surface area contributed by atoms with Crippen LogP contribution in [0.25, 0.3) is 22.0 Å². The molecular formula is C20H19N5O2S2. The molecule has 0 unspecified atom stereocenters. The predicted octanol–water partition coefficient (Wildman–Crippen LogP) is 3.14. The Morgan fingerprint density at radius 3 is 2.93 bits per heavy atom. The van der Waals surface area contributed by atoms with Crippen molar-refractivity contribution >= 4 is 37.5 Å². The zero-order valence-electron chi connectivity index (χ0n) is 15.7. The Bertz CT molecular complexity index is 1310. The first-order chi connectivity index (χ1) is 14.0. The van der Waals surface area contributed by atoms with E-state index in [1.54, 1.807) is 12.1 Å². The van der Waals surface area contributed by atoms with E-state index >= 15 is 0 Å². The standard InChI is InChI=1S/C20H19N5O2S2/c1-25-12-18(15-4-2-3-13-7-8-21-10-17(13)15)16-6-5-14(9-19(16)25)29(26,27)23-20-11-22-24-28-20/h2-6,9,11-12,21,23H,7-8,10H2,1H3. The maximum absolute atomic E-state index is 12.7. The quantitative estimate of drug-likeness (QED) is 0.524. The minimum atomic E-state index is -3.70. The summed E-state index contributed by atoms with van der Waals surface area (Å²) in [6, 6.07) is 11.7. The van der Waals surface area contributed by atoms with E-state index in [2.05, 4.69) is 44.0 Å². The van der Waals surface area contributed by atoms with Crippen LogP contribution in [0, 0.1) is 0 Å². The topological polar surface area (TPSA) is 88.9 Å². The van der Waals surface area contributed by atoms with Crippen LogP contribution in [0.5, 0.6) is 0 Å². The van der Waals surface area contributed by atoms with E-state index in [0.717, 1.165) is 47.5 Å². The second-order valence-corrected chi connectivity index (χ2v) is 9.56. The Morgan fingerprint density at radius 2 is 2.10 bits per heavy atom. The van der Waals surface area contributed by atoms with Crippen LogP contribution in [0.3, 0.4) is 0 Å². The first-order valence-corrected chi connectivity index (χ1v) is 11.5. The zero-order chi connectivity index (χ0) is 20.0. The van der Waals surface area contributed by atoms with Crippen LogP contribution in [0.15, 0.2) is 53.7 Å². The van der Waals surface area contributed by atoms with Crippen molar-refractivity contribution in [1.29, 1.82) is 0 Å². The molecule has 3 heterocycles. The van der Waals surface area contributed by atoms with E-state index < -0.39 is 10.0 Å². The molecule has 0 bridgehead atoms. The SMILES string of the molecule is Cn1cc(-c2cccc3c2CNCC3)c2ccc(S(=O)(=O)Nc3cnns3)cc21. The number of anilines is 1. The summed E-state index contributed by atoms with van der Waals surface area (Å²) in [5, 5.41) is 8.54. The highest BCUT2D eigenvalue weighted by Crippen LogP contribution is 2.35. The zero-order valence-corrected chi connectivity index (χ0v) is 17.3. The fourth-order valence-electron chi connectivity index (χ4n) is 3.92. The fourth-order valence-corrected chi connectivity index (χ4v) is 5.62. The number of aryl methyl sites for hydroxylation is 1. The monoisotopic (exact) mass is 425 g/mol. The van der Waals surface area contributed by atoms with Gasteiger partial charge in [-0.3, -0.25) is 4.72 Å². The van der Waals surface area contributed by atoms with Gasteiger partial charge in [0.2, 0.25) is 0 Å². The van der Waals surface area contributed by atoms with Gasteiger partial charge in [0, 0.05) is 47.8 Å². The first-order valence-electron chi connectivity index (χ1n) is 9.24. The molecule has 1 aliphatic heterocycles. The van der Waals surface area contributed by atoms with E-state index in [0.29, 0.717) is 5.00 Å². The molecule has 2 N–H and O–H groups in total. The molecule has 148 valence electrons. The van der Waals surface area contributed by atoms with Crippen molar-refractivity contribution < 1.29 is 8.42 Å². The van der Waals surface area contributed by atoms with Gasteiger partial charge in [0.15, 0.2) is 0 Å². The van der Waals surface area contributed by atoms with Crippen molar-refractivity contribution in [2.24, 2.45) is 7.05 Å². The van der Waals surface area contributed by atoms with E-state index in [-0.39, 0.29) is 4.90 Å². The summed E-state index contributed by atoms with van der Waals surface area (Å²) in [6.07, 6.45) is 4.49. The Balaban J connectivity index is 1.61. The number of rotatable bonds is 4. The minimum absolute atomic E-state index is 0.211. The number of aromatic nitrogens is 3. The van der Waals surface area contributed by atoms with Crippen LogP contribution in [0.1, 0.15) is 11.1 Å². The molecule has 0 amide bonds. The van der Waals surface area contributed by atoms with Crippen LogP contribution in [0.2, 0.25) is 0 Å². The highest BCUT2D eigenvalue weighted by molar-refractivity contribution is 7.93. The molecular weight excluding hydrogens is 406 g/mol. The van der Waals surface area contributed by atoms with Crippen molar-refractivity contribution in [3.05, 3.63) is 59.9 Å². The third-order valence-corrected chi connectivity index (χ3v) is 7.38. The summed E-state index contributed by atoms with van der Waals surface area (Å²) in [6.45, 7) is 1.84. The normalized spacial score (nSPS) is 14.1. The smallest absolute Gasteiger partial charge is 0.262 e. The van der Waals surface area contributed by atoms with Gasteiger partial charge >= 0.3 is 0 Å². The predicted molar refractivity (Wildman–Crippen MR) is 114 cm³/mol. The minimum Gasteiger partial charge on any atom is -0.350 e. The molecule has 0 radical (unpaired) electrons. The molecule has 9 heteroatoms. The van der Waals surface area contributed by atoms with E-state index in [9.17, 15) is 8.42 Å². The summed E-state index contributed by atoms with van der Waals surface area (Å²) in [5.74, 6) is 0. The average Bonchev–Trinajstić information content (AvgIpc) is 3.35. The van der Waals surface area contributed by atoms with Gasteiger partial charge < -0.3 is 9.88 Å². The van der Waals surface area contributed by atoms with E-state index in [1.165, 1.54) is 22.9 Å². The lowest BCUT2D eigenvalue weighted by atomic mass is 9.92. The van der Waals surface area contributed by atoms with E-state index in [4.69, 9.17) is 0 Å². The van der Waals surface area contributed by atoms with Gasteiger partial charge in [-0.2, -0.15) is 0 Å². The van der Waals surface area contributed by atoms with Crippen LogP contribution < -0.4 is 10.0 Å². The van der Waals surface area contributed by atoms with Crippen molar-refractivity contribution in [1.82, 2.24) is 19.5 Å². The van der Waals surface area contributed by atoms with Gasteiger partial charge in [0.05, 0.1) is 11.1 Å². The summed E-state index contributed by atoms with van der Waals surface area (Å²) in [4.78, 5) is 0.211. The van der Waals surface area contributed by atoms with Crippen molar-refractivity contribution in [3.8, 4) is 11.1 Å². The highest BCUT2D eigenvalue weighted by atomic mass is 32.2. The van der Waals surface area contributed by atoms with Gasteiger partial charge in [0.1, 0.15) is 5.00 Å².